The monoisotopic (exact) mass is 276 g/mol. The summed E-state index contributed by atoms with van der Waals surface area (Å²) in [4.78, 5) is 14.4. The van der Waals surface area contributed by atoms with Crippen molar-refractivity contribution in [3.63, 3.8) is 0 Å². The van der Waals surface area contributed by atoms with E-state index in [1.54, 1.807) is 6.07 Å². The molecule has 5 heteroatoms. The highest BCUT2D eigenvalue weighted by Crippen LogP contribution is 2.31. The van der Waals surface area contributed by atoms with Crippen LogP contribution in [-0.4, -0.2) is 43.7 Å². The van der Waals surface area contributed by atoms with E-state index in [1.807, 2.05) is 17.0 Å². The van der Waals surface area contributed by atoms with Crippen molar-refractivity contribution in [1.29, 1.82) is 0 Å². The van der Waals surface area contributed by atoms with Gasteiger partial charge in [-0.3, -0.25) is 4.79 Å². The summed E-state index contributed by atoms with van der Waals surface area (Å²) in [6.07, 6.45) is 2.04. The van der Waals surface area contributed by atoms with Crippen LogP contribution < -0.4 is 15.2 Å². The maximum Gasteiger partial charge on any atom is 0.254 e. The zero-order chi connectivity index (χ0) is 13.9. The van der Waals surface area contributed by atoms with Gasteiger partial charge in [0, 0.05) is 18.7 Å². The zero-order valence-electron chi connectivity index (χ0n) is 11.5. The fraction of sp³-hybridized carbons (Fsp3) is 0.533. The third-order valence-corrected chi connectivity index (χ3v) is 3.94. The highest BCUT2D eigenvalue weighted by atomic mass is 16.6. The maximum absolute atomic E-state index is 12.5. The Kier molecular flexibility index (Phi) is 3.78. The molecule has 0 radical (unpaired) electrons. The molecule has 5 nitrogen and oxygen atoms in total. The average molecular weight is 276 g/mol. The van der Waals surface area contributed by atoms with E-state index in [0.29, 0.717) is 37.0 Å². The van der Waals surface area contributed by atoms with E-state index < -0.39 is 0 Å². The topological polar surface area (TPSA) is 64.8 Å². The highest BCUT2D eigenvalue weighted by Gasteiger charge is 2.27. The lowest BCUT2D eigenvalue weighted by Gasteiger charge is -2.20. The predicted molar refractivity (Wildman–Crippen MR) is 75.1 cm³/mol. The number of nitrogens with two attached hydrogens (primary N) is 1. The Morgan fingerprint density at radius 2 is 2.10 bits per heavy atom. The molecule has 2 aliphatic heterocycles. The number of ether oxygens (including phenoxy) is 2. The van der Waals surface area contributed by atoms with Crippen molar-refractivity contribution in [3.05, 3.63) is 23.8 Å². The van der Waals surface area contributed by atoms with Gasteiger partial charge in [0.25, 0.3) is 5.91 Å². The smallest absolute Gasteiger partial charge is 0.254 e. The molecule has 0 saturated carbocycles. The van der Waals surface area contributed by atoms with Crippen LogP contribution in [0.3, 0.4) is 0 Å². The van der Waals surface area contributed by atoms with Crippen molar-refractivity contribution < 1.29 is 14.3 Å². The molecule has 20 heavy (non-hydrogen) atoms. The number of nitrogens with zero attached hydrogens (tertiary/aromatic N) is 1. The van der Waals surface area contributed by atoms with E-state index in [2.05, 4.69) is 0 Å². The normalized spacial score (nSPS) is 21.1. The van der Waals surface area contributed by atoms with Gasteiger partial charge in [0.2, 0.25) is 0 Å². The quantitative estimate of drug-likeness (QED) is 0.903. The van der Waals surface area contributed by atoms with E-state index >= 15 is 0 Å². The predicted octanol–water partition coefficient (Wildman–Crippen LogP) is 1.27. The van der Waals surface area contributed by atoms with Crippen LogP contribution in [0.15, 0.2) is 18.2 Å². The van der Waals surface area contributed by atoms with E-state index in [4.69, 9.17) is 15.2 Å². The van der Waals surface area contributed by atoms with Crippen LogP contribution in [0.5, 0.6) is 11.5 Å². The van der Waals surface area contributed by atoms with Gasteiger partial charge in [0.05, 0.1) is 0 Å². The Morgan fingerprint density at radius 3 is 2.90 bits per heavy atom. The van der Waals surface area contributed by atoms with Gasteiger partial charge >= 0.3 is 0 Å². The van der Waals surface area contributed by atoms with Gasteiger partial charge in [-0.25, -0.2) is 0 Å². The summed E-state index contributed by atoms with van der Waals surface area (Å²) in [7, 11) is 0. The lowest BCUT2D eigenvalue weighted by molar-refractivity contribution is 0.0785. The van der Waals surface area contributed by atoms with Crippen LogP contribution >= 0.6 is 0 Å². The SMILES string of the molecule is NCCC1CCN(C(=O)c2ccc3c(c2)OCCO3)C1. The Bertz CT molecular complexity index is 504. The molecule has 1 aromatic rings. The molecule has 1 saturated heterocycles. The lowest BCUT2D eigenvalue weighted by atomic mass is 10.1. The summed E-state index contributed by atoms with van der Waals surface area (Å²) in [6, 6.07) is 5.41. The molecule has 1 amide bonds. The highest BCUT2D eigenvalue weighted by molar-refractivity contribution is 5.95. The number of benzene rings is 1. The largest absolute Gasteiger partial charge is 0.486 e. The molecule has 0 aliphatic carbocycles. The minimum absolute atomic E-state index is 0.0708. The first-order valence-corrected chi connectivity index (χ1v) is 7.17. The summed E-state index contributed by atoms with van der Waals surface area (Å²) in [6.45, 7) is 3.42. The summed E-state index contributed by atoms with van der Waals surface area (Å²) >= 11 is 0. The molecule has 2 aliphatic rings. The van der Waals surface area contributed by atoms with Crippen molar-refractivity contribution in [3.8, 4) is 11.5 Å². The van der Waals surface area contributed by atoms with Crippen LogP contribution in [0.1, 0.15) is 23.2 Å². The number of carbonyl (C=O) groups is 1. The van der Waals surface area contributed by atoms with Crippen molar-refractivity contribution in [2.75, 3.05) is 32.8 Å². The first-order chi connectivity index (χ1) is 9.78. The number of likely N-dealkylation sites (tertiary alicyclic amines) is 1. The maximum atomic E-state index is 12.5. The molecule has 0 spiro atoms. The Balaban J connectivity index is 1.71. The van der Waals surface area contributed by atoms with Gasteiger partial charge in [0.1, 0.15) is 13.2 Å². The van der Waals surface area contributed by atoms with Crippen molar-refractivity contribution in [1.82, 2.24) is 4.90 Å². The van der Waals surface area contributed by atoms with E-state index in [1.165, 1.54) is 0 Å². The van der Waals surface area contributed by atoms with Crippen molar-refractivity contribution in [2.45, 2.75) is 12.8 Å². The molecule has 1 fully saturated rings. The van der Waals surface area contributed by atoms with Gasteiger partial charge in [-0.1, -0.05) is 0 Å². The number of hydrogen-bond donors (Lipinski definition) is 1. The summed E-state index contributed by atoms with van der Waals surface area (Å²) in [5, 5.41) is 0. The van der Waals surface area contributed by atoms with Crippen molar-refractivity contribution in [2.24, 2.45) is 11.7 Å². The molecule has 2 N–H and O–H groups in total. The molecule has 1 aromatic carbocycles. The van der Waals surface area contributed by atoms with E-state index in [-0.39, 0.29) is 5.91 Å². The van der Waals surface area contributed by atoms with E-state index in [9.17, 15) is 4.79 Å². The molecule has 3 rings (SSSR count). The molecule has 1 atom stereocenters. The first-order valence-electron chi connectivity index (χ1n) is 7.17. The fourth-order valence-electron chi connectivity index (χ4n) is 2.85. The zero-order valence-corrected chi connectivity index (χ0v) is 11.5. The number of amides is 1. The third-order valence-electron chi connectivity index (χ3n) is 3.94. The second kappa shape index (κ2) is 5.71. The molecular weight excluding hydrogens is 256 g/mol. The minimum Gasteiger partial charge on any atom is -0.486 e. The van der Waals surface area contributed by atoms with Gasteiger partial charge in [-0.2, -0.15) is 0 Å². The van der Waals surface area contributed by atoms with Crippen LogP contribution in [0.4, 0.5) is 0 Å². The van der Waals surface area contributed by atoms with E-state index in [0.717, 1.165) is 31.7 Å². The molecule has 2 heterocycles. The molecule has 0 bridgehead atoms. The second-order valence-electron chi connectivity index (χ2n) is 5.34. The Morgan fingerprint density at radius 1 is 1.30 bits per heavy atom. The molecule has 1 unspecified atom stereocenters. The average Bonchev–Trinajstić information content (AvgIpc) is 2.95. The van der Waals surface area contributed by atoms with Crippen LogP contribution in [0.25, 0.3) is 0 Å². The number of carbonyl (C=O) groups excluding carboxylic acids is 1. The second-order valence-corrected chi connectivity index (χ2v) is 5.34. The Labute approximate surface area is 118 Å². The van der Waals surface area contributed by atoms with Gasteiger partial charge in [-0.15, -0.1) is 0 Å². The third kappa shape index (κ3) is 2.58. The summed E-state index contributed by atoms with van der Waals surface area (Å²) in [5.41, 5.74) is 6.25. The fourth-order valence-corrected chi connectivity index (χ4v) is 2.85. The summed E-state index contributed by atoms with van der Waals surface area (Å²) < 4.78 is 11.0. The molecular formula is C15H20N2O3. The van der Waals surface area contributed by atoms with Crippen LogP contribution in [0, 0.1) is 5.92 Å². The van der Waals surface area contributed by atoms with Crippen LogP contribution in [0.2, 0.25) is 0 Å². The van der Waals surface area contributed by atoms with Crippen molar-refractivity contribution >= 4 is 5.91 Å². The number of fused-ring (bicyclic) bond motifs is 1. The summed E-state index contributed by atoms with van der Waals surface area (Å²) in [5.74, 6) is 2.00. The molecule has 108 valence electrons. The minimum atomic E-state index is 0.0708. The number of rotatable bonds is 3. The number of hydrogen-bond acceptors (Lipinski definition) is 4. The van der Waals surface area contributed by atoms with Gasteiger partial charge in [-0.05, 0) is 43.5 Å². The van der Waals surface area contributed by atoms with Gasteiger partial charge in [0.15, 0.2) is 11.5 Å². The van der Waals surface area contributed by atoms with Gasteiger partial charge < -0.3 is 20.1 Å². The lowest BCUT2D eigenvalue weighted by Crippen LogP contribution is -2.29. The van der Waals surface area contributed by atoms with Crippen LogP contribution in [-0.2, 0) is 0 Å². The molecule has 0 aromatic heterocycles. The Hall–Kier alpha value is -1.75. The first kappa shape index (κ1) is 13.2. The standard InChI is InChI=1S/C15H20N2O3/c16-5-3-11-4-6-17(10-11)15(18)12-1-2-13-14(9-12)20-8-7-19-13/h1-2,9,11H,3-8,10,16H2.